The summed E-state index contributed by atoms with van der Waals surface area (Å²) in [6.45, 7) is 10.9. The summed E-state index contributed by atoms with van der Waals surface area (Å²) in [5, 5.41) is 0.789. The van der Waals surface area contributed by atoms with Crippen LogP contribution in [-0.2, 0) is 0 Å². The van der Waals surface area contributed by atoms with E-state index in [9.17, 15) is 4.79 Å². The number of pyridine rings is 1. The summed E-state index contributed by atoms with van der Waals surface area (Å²) in [5.74, 6) is 0.0936. The number of amides is 1. The molecule has 0 spiro atoms. The average molecular weight is 356 g/mol. The molecule has 0 saturated carbocycles. The van der Waals surface area contributed by atoms with E-state index in [1.165, 1.54) is 11.1 Å². The molecule has 1 aliphatic heterocycles. The Labute approximate surface area is 154 Å². The second-order valence-electron chi connectivity index (χ2n) is 6.45. The minimum absolute atomic E-state index is 0.0936. The number of nitrogens with zero attached hydrogens (tertiary/aromatic N) is 3. The van der Waals surface area contributed by atoms with Crippen LogP contribution in [0.15, 0.2) is 46.5 Å². The number of hydrogen-bond donors (Lipinski definition) is 0. The molecule has 0 bridgehead atoms. The van der Waals surface area contributed by atoms with Crippen LogP contribution < -0.4 is 0 Å². The highest BCUT2D eigenvalue weighted by Gasteiger charge is 2.24. The predicted octanol–water partition coefficient (Wildman–Crippen LogP) is 3.63. The van der Waals surface area contributed by atoms with Crippen molar-refractivity contribution in [3.63, 3.8) is 0 Å². The quantitative estimate of drug-likeness (QED) is 0.839. The Bertz CT molecular complexity index is 754. The van der Waals surface area contributed by atoms with Gasteiger partial charge >= 0.3 is 0 Å². The van der Waals surface area contributed by atoms with Crippen molar-refractivity contribution in [3.05, 3.63) is 53.2 Å². The lowest BCUT2D eigenvalue weighted by molar-refractivity contribution is 0.0639. The van der Waals surface area contributed by atoms with Crippen molar-refractivity contribution >= 4 is 17.7 Å². The molecule has 3 rings (SSSR count). The van der Waals surface area contributed by atoms with Gasteiger partial charge in [-0.3, -0.25) is 4.79 Å². The smallest absolute Gasteiger partial charge is 0.256 e. The fraction of sp³-hybridized carbons (Fsp3) is 0.400. The van der Waals surface area contributed by atoms with E-state index < -0.39 is 0 Å². The predicted molar refractivity (Wildman–Crippen MR) is 102 cm³/mol. The molecular formula is C20H25N3OS. The van der Waals surface area contributed by atoms with Crippen molar-refractivity contribution in [2.45, 2.75) is 30.7 Å². The van der Waals surface area contributed by atoms with E-state index in [0.717, 1.165) is 42.6 Å². The van der Waals surface area contributed by atoms with Crippen molar-refractivity contribution in [1.29, 1.82) is 0 Å². The minimum Gasteiger partial charge on any atom is -0.336 e. The van der Waals surface area contributed by atoms with Crippen LogP contribution >= 0.6 is 11.8 Å². The molecule has 1 saturated heterocycles. The van der Waals surface area contributed by atoms with E-state index in [1.807, 2.05) is 17.0 Å². The lowest BCUT2D eigenvalue weighted by Gasteiger charge is -2.34. The van der Waals surface area contributed by atoms with Crippen LogP contribution in [0.1, 0.15) is 28.4 Å². The minimum atomic E-state index is 0.0936. The van der Waals surface area contributed by atoms with Gasteiger partial charge in [-0.25, -0.2) is 4.98 Å². The molecule has 0 atom stereocenters. The van der Waals surface area contributed by atoms with Gasteiger partial charge in [-0.15, -0.1) is 0 Å². The topological polar surface area (TPSA) is 36.4 Å². The number of piperazine rings is 1. The van der Waals surface area contributed by atoms with Gasteiger partial charge in [0.05, 0.1) is 5.56 Å². The maximum atomic E-state index is 13.0. The molecule has 1 aromatic carbocycles. The van der Waals surface area contributed by atoms with Crippen LogP contribution in [0.5, 0.6) is 0 Å². The Morgan fingerprint density at radius 3 is 2.60 bits per heavy atom. The molecule has 0 radical (unpaired) electrons. The van der Waals surface area contributed by atoms with E-state index in [2.05, 4.69) is 48.9 Å². The van der Waals surface area contributed by atoms with Crippen LogP contribution in [0.4, 0.5) is 0 Å². The van der Waals surface area contributed by atoms with E-state index in [0.29, 0.717) is 5.56 Å². The van der Waals surface area contributed by atoms with Crippen molar-refractivity contribution in [1.82, 2.24) is 14.8 Å². The summed E-state index contributed by atoms with van der Waals surface area (Å²) in [6.07, 6.45) is 1.76. The average Bonchev–Trinajstić information content (AvgIpc) is 2.64. The molecule has 0 N–H and O–H groups in total. The van der Waals surface area contributed by atoms with Crippen molar-refractivity contribution in [3.8, 4) is 0 Å². The number of rotatable bonds is 4. The fourth-order valence-electron chi connectivity index (χ4n) is 3.09. The lowest BCUT2D eigenvalue weighted by atomic mass is 10.2. The number of aromatic nitrogens is 1. The van der Waals surface area contributed by atoms with Crippen LogP contribution in [-0.4, -0.2) is 53.4 Å². The molecule has 5 heteroatoms. The van der Waals surface area contributed by atoms with E-state index in [4.69, 9.17) is 0 Å². The standard InChI is InChI=1S/C20H25N3OS/c1-4-22-10-12-23(13-11-22)20(24)17-6-5-9-21-19(17)25-18-8-7-15(2)14-16(18)3/h5-9,14H,4,10-13H2,1-3H3. The number of aryl methyl sites for hydroxylation is 2. The Balaban J connectivity index is 1.80. The third kappa shape index (κ3) is 4.22. The third-order valence-corrected chi connectivity index (χ3v) is 5.84. The summed E-state index contributed by atoms with van der Waals surface area (Å²) < 4.78 is 0. The molecule has 4 nitrogen and oxygen atoms in total. The summed E-state index contributed by atoms with van der Waals surface area (Å²) >= 11 is 1.58. The van der Waals surface area contributed by atoms with Crippen molar-refractivity contribution in [2.24, 2.45) is 0 Å². The van der Waals surface area contributed by atoms with E-state index in [1.54, 1.807) is 18.0 Å². The van der Waals surface area contributed by atoms with E-state index >= 15 is 0 Å². The number of carbonyl (C=O) groups excluding carboxylic acids is 1. The lowest BCUT2D eigenvalue weighted by Crippen LogP contribution is -2.48. The SMILES string of the molecule is CCN1CCN(C(=O)c2cccnc2Sc2ccc(C)cc2C)CC1. The zero-order valence-electron chi connectivity index (χ0n) is 15.2. The van der Waals surface area contributed by atoms with Crippen molar-refractivity contribution < 1.29 is 4.79 Å². The van der Waals surface area contributed by atoms with Gasteiger partial charge in [0.2, 0.25) is 0 Å². The van der Waals surface area contributed by atoms with Gasteiger partial charge < -0.3 is 9.80 Å². The highest BCUT2D eigenvalue weighted by Crippen LogP contribution is 2.32. The summed E-state index contributed by atoms with van der Waals surface area (Å²) in [7, 11) is 0. The zero-order chi connectivity index (χ0) is 17.8. The molecule has 0 aliphatic carbocycles. The first-order chi connectivity index (χ1) is 12.1. The zero-order valence-corrected chi connectivity index (χ0v) is 16.0. The van der Waals surface area contributed by atoms with Crippen LogP contribution in [0.3, 0.4) is 0 Å². The van der Waals surface area contributed by atoms with Gasteiger partial charge in [-0.05, 0) is 44.2 Å². The summed E-state index contributed by atoms with van der Waals surface area (Å²) in [5.41, 5.74) is 3.16. The van der Waals surface area contributed by atoms with Crippen LogP contribution in [0.25, 0.3) is 0 Å². The monoisotopic (exact) mass is 355 g/mol. The number of benzene rings is 1. The molecule has 1 amide bonds. The molecule has 1 aliphatic rings. The van der Waals surface area contributed by atoms with Crippen LogP contribution in [0.2, 0.25) is 0 Å². The van der Waals surface area contributed by atoms with Crippen LogP contribution in [0, 0.1) is 13.8 Å². The molecule has 2 heterocycles. The third-order valence-electron chi connectivity index (χ3n) is 4.65. The summed E-state index contributed by atoms with van der Waals surface area (Å²) in [4.78, 5) is 23.0. The maximum Gasteiger partial charge on any atom is 0.256 e. The fourth-order valence-corrected chi connectivity index (χ4v) is 4.03. The van der Waals surface area contributed by atoms with Crippen molar-refractivity contribution in [2.75, 3.05) is 32.7 Å². The first-order valence-corrected chi connectivity index (χ1v) is 9.62. The van der Waals surface area contributed by atoms with Gasteiger partial charge in [0.1, 0.15) is 5.03 Å². The highest BCUT2D eigenvalue weighted by atomic mass is 32.2. The Hall–Kier alpha value is -1.85. The maximum absolute atomic E-state index is 13.0. The first-order valence-electron chi connectivity index (χ1n) is 8.80. The molecule has 1 aromatic heterocycles. The molecule has 0 unspecified atom stereocenters. The second-order valence-corrected chi connectivity index (χ2v) is 7.48. The normalized spacial score (nSPS) is 15.4. The highest BCUT2D eigenvalue weighted by molar-refractivity contribution is 7.99. The number of hydrogen-bond acceptors (Lipinski definition) is 4. The second kappa shape index (κ2) is 8.02. The van der Waals surface area contributed by atoms with E-state index in [-0.39, 0.29) is 5.91 Å². The summed E-state index contributed by atoms with van der Waals surface area (Å²) in [6, 6.07) is 10.1. The van der Waals surface area contributed by atoms with Gasteiger partial charge in [-0.1, -0.05) is 36.4 Å². The molecule has 1 fully saturated rings. The van der Waals surface area contributed by atoms with Gasteiger partial charge in [0, 0.05) is 37.3 Å². The van der Waals surface area contributed by atoms with Gasteiger partial charge in [-0.2, -0.15) is 0 Å². The van der Waals surface area contributed by atoms with Gasteiger partial charge in [0.25, 0.3) is 5.91 Å². The Morgan fingerprint density at radius 2 is 1.92 bits per heavy atom. The number of likely N-dealkylation sites (N-methyl/N-ethyl adjacent to an activating group) is 1. The molecule has 25 heavy (non-hydrogen) atoms. The largest absolute Gasteiger partial charge is 0.336 e. The molecule has 2 aromatic rings. The molecule has 132 valence electrons. The first kappa shape index (κ1) is 18.0. The van der Waals surface area contributed by atoms with Gasteiger partial charge in [0.15, 0.2) is 0 Å². The Kier molecular flexibility index (Phi) is 5.76. The molecular weight excluding hydrogens is 330 g/mol. The Morgan fingerprint density at radius 1 is 1.16 bits per heavy atom. The number of carbonyl (C=O) groups is 1.